The third-order valence-corrected chi connectivity index (χ3v) is 7.87. The molecule has 196 valence electrons. The quantitative estimate of drug-likeness (QED) is 0.216. The highest BCUT2D eigenvalue weighted by molar-refractivity contribution is 7.92. The summed E-state index contributed by atoms with van der Waals surface area (Å²) in [6.45, 7) is 5.35. The van der Waals surface area contributed by atoms with Gasteiger partial charge in [0.25, 0.3) is 10.0 Å². The second-order valence-corrected chi connectivity index (χ2v) is 11.0. The molecule has 0 atom stereocenters. The van der Waals surface area contributed by atoms with Crippen molar-refractivity contribution in [2.45, 2.75) is 25.7 Å². The summed E-state index contributed by atoms with van der Waals surface area (Å²) >= 11 is 12.2. The lowest BCUT2D eigenvalue weighted by Crippen LogP contribution is -2.20. The van der Waals surface area contributed by atoms with Crippen molar-refractivity contribution >= 4 is 78.6 Å². The average molecular weight is 582 g/mol. The number of thiophene rings is 1. The van der Waals surface area contributed by atoms with Crippen LogP contribution in [0.3, 0.4) is 0 Å². The van der Waals surface area contributed by atoms with Crippen LogP contribution in [0.5, 0.6) is 0 Å². The summed E-state index contributed by atoms with van der Waals surface area (Å²) in [5.74, 6) is -1.15. The Morgan fingerprint density at radius 3 is 2.08 bits per heavy atom. The molecule has 9 nitrogen and oxygen atoms in total. The maximum absolute atomic E-state index is 12.7. The summed E-state index contributed by atoms with van der Waals surface area (Å²) in [6.07, 6.45) is 0. The van der Waals surface area contributed by atoms with Crippen LogP contribution in [-0.4, -0.2) is 38.7 Å². The molecule has 13 heteroatoms. The minimum absolute atomic E-state index is 0.0458. The molecule has 0 radical (unpaired) electrons. The number of carbonyl (C=O) groups excluding carboxylic acids is 2. The Kier molecular flexibility index (Phi) is 9.49. The topological polar surface area (TPSA) is 123 Å². The number of anilines is 3. The van der Waals surface area contributed by atoms with Crippen molar-refractivity contribution in [1.29, 1.82) is 0 Å². The molecule has 0 aliphatic heterocycles. The van der Waals surface area contributed by atoms with E-state index in [1.807, 2.05) is 0 Å². The van der Waals surface area contributed by atoms with Gasteiger partial charge in [0.2, 0.25) is 0 Å². The van der Waals surface area contributed by atoms with E-state index in [2.05, 4.69) is 15.4 Å². The van der Waals surface area contributed by atoms with E-state index in [1.54, 1.807) is 57.2 Å². The minimum atomic E-state index is -3.82. The number of sulfonamides is 1. The monoisotopic (exact) mass is 581 g/mol. The second kappa shape index (κ2) is 12.4. The predicted molar refractivity (Wildman–Crippen MR) is 150 cm³/mol. The SMILES string of the molecule is CCOC(=O)c1sc(NC(=S)Nc2ccc(S(=O)(=O)Nc3ccc(Cl)cc3)cc2)c(C(=O)OCC)c1C. The standard InChI is InChI=1S/C24H24ClN3O6S3/c1-4-33-22(29)19-14(3)20(23(30)34-5-2)36-21(19)27-24(35)26-16-10-12-18(13-11-16)37(31,32)28-17-8-6-15(25)7-9-17/h6-13,28H,4-5H2,1-3H3,(H2,26,27,35). The van der Waals surface area contributed by atoms with Crippen LogP contribution in [0.15, 0.2) is 53.4 Å². The molecular weight excluding hydrogens is 558 g/mol. The smallest absolute Gasteiger partial charge is 0.348 e. The lowest BCUT2D eigenvalue weighted by molar-refractivity contribution is 0.0527. The number of nitrogens with one attached hydrogen (secondary N) is 3. The highest BCUT2D eigenvalue weighted by atomic mass is 35.5. The molecule has 0 aliphatic carbocycles. The largest absolute Gasteiger partial charge is 0.462 e. The van der Waals surface area contributed by atoms with E-state index in [-0.39, 0.29) is 33.7 Å². The van der Waals surface area contributed by atoms with Crippen LogP contribution in [0.1, 0.15) is 39.4 Å². The summed E-state index contributed by atoms with van der Waals surface area (Å²) < 4.78 is 38.0. The van der Waals surface area contributed by atoms with Crippen molar-refractivity contribution in [1.82, 2.24) is 0 Å². The summed E-state index contributed by atoms with van der Waals surface area (Å²) in [7, 11) is -3.82. The number of esters is 2. The van der Waals surface area contributed by atoms with Crippen LogP contribution in [0.25, 0.3) is 0 Å². The zero-order valence-corrected chi connectivity index (χ0v) is 23.3. The van der Waals surface area contributed by atoms with Crippen molar-refractivity contribution in [3.8, 4) is 0 Å². The van der Waals surface area contributed by atoms with Crippen LogP contribution in [0, 0.1) is 6.92 Å². The first-order valence-corrected chi connectivity index (χ1v) is 14.1. The van der Waals surface area contributed by atoms with Crippen LogP contribution in [-0.2, 0) is 19.5 Å². The van der Waals surface area contributed by atoms with Gasteiger partial charge in [0.1, 0.15) is 9.88 Å². The van der Waals surface area contributed by atoms with E-state index in [0.717, 1.165) is 11.3 Å². The van der Waals surface area contributed by atoms with Gasteiger partial charge < -0.3 is 20.1 Å². The molecule has 0 saturated heterocycles. The number of rotatable bonds is 9. The third-order valence-electron chi connectivity index (χ3n) is 4.83. The first kappa shape index (κ1) is 28.4. The lowest BCUT2D eigenvalue weighted by Gasteiger charge is -2.12. The number of halogens is 1. The Bertz CT molecular complexity index is 1400. The summed E-state index contributed by atoms with van der Waals surface area (Å²) in [6, 6.07) is 12.2. The third kappa shape index (κ3) is 7.19. The van der Waals surface area contributed by atoms with Crippen molar-refractivity contribution in [2.24, 2.45) is 0 Å². The molecule has 1 heterocycles. The average Bonchev–Trinajstić information content (AvgIpc) is 3.16. The van der Waals surface area contributed by atoms with Crippen molar-refractivity contribution < 1.29 is 27.5 Å². The molecule has 2 aromatic carbocycles. The lowest BCUT2D eigenvalue weighted by atomic mass is 10.1. The molecule has 1 aromatic heterocycles. The first-order valence-electron chi connectivity index (χ1n) is 11.0. The van der Waals surface area contributed by atoms with Gasteiger partial charge in [-0.1, -0.05) is 11.6 Å². The van der Waals surface area contributed by atoms with Gasteiger partial charge in [-0.15, -0.1) is 11.3 Å². The minimum Gasteiger partial charge on any atom is -0.462 e. The van der Waals surface area contributed by atoms with E-state index in [4.69, 9.17) is 33.3 Å². The summed E-state index contributed by atoms with van der Waals surface area (Å²) in [5, 5.41) is 6.80. The van der Waals surface area contributed by atoms with Gasteiger partial charge >= 0.3 is 11.9 Å². The molecule has 0 aliphatic rings. The Labute approximate surface area is 229 Å². The predicted octanol–water partition coefficient (Wildman–Crippen LogP) is 5.67. The number of thiocarbonyl (C=S) groups is 1. The van der Waals surface area contributed by atoms with Crippen molar-refractivity contribution in [2.75, 3.05) is 28.6 Å². The molecule has 3 rings (SSSR count). The van der Waals surface area contributed by atoms with Crippen molar-refractivity contribution in [3.05, 3.63) is 69.6 Å². The van der Waals surface area contributed by atoms with Crippen LogP contribution in [0.4, 0.5) is 16.4 Å². The number of hydrogen-bond acceptors (Lipinski definition) is 8. The zero-order chi connectivity index (χ0) is 27.2. The molecule has 0 spiro atoms. The Hall–Kier alpha value is -3.19. The zero-order valence-electron chi connectivity index (χ0n) is 20.1. The summed E-state index contributed by atoms with van der Waals surface area (Å²) in [5.41, 5.74) is 1.49. The number of hydrogen-bond donors (Lipinski definition) is 3. The van der Waals surface area contributed by atoms with Crippen LogP contribution < -0.4 is 15.4 Å². The second-order valence-electron chi connectivity index (χ2n) is 7.42. The van der Waals surface area contributed by atoms with E-state index < -0.39 is 22.0 Å². The molecular formula is C24H24ClN3O6S3. The van der Waals surface area contributed by atoms with Gasteiger partial charge in [0.15, 0.2) is 5.11 Å². The highest BCUT2D eigenvalue weighted by Crippen LogP contribution is 2.34. The maximum atomic E-state index is 12.7. The van der Waals surface area contributed by atoms with Gasteiger partial charge in [-0.3, -0.25) is 4.72 Å². The molecule has 0 saturated carbocycles. The van der Waals surface area contributed by atoms with E-state index in [1.165, 1.54) is 12.1 Å². The fraction of sp³-hybridized carbons (Fsp3) is 0.208. The van der Waals surface area contributed by atoms with Crippen LogP contribution in [0.2, 0.25) is 5.02 Å². The molecule has 37 heavy (non-hydrogen) atoms. The first-order chi connectivity index (χ1) is 17.6. The Morgan fingerprint density at radius 2 is 1.49 bits per heavy atom. The maximum Gasteiger partial charge on any atom is 0.348 e. The molecule has 0 unspecified atom stereocenters. The van der Waals surface area contributed by atoms with Gasteiger partial charge in [-0.05, 0) is 87.1 Å². The molecule has 0 amide bonds. The van der Waals surface area contributed by atoms with Crippen molar-refractivity contribution in [3.63, 3.8) is 0 Å². The normalized spacial score (nSPS) is 10.9. The number of carbonyl (C=O) groups is 2. The summed E-state index contributed by atoms with van der Waals surface area (Å²) in [4.78, 5) is 25.2. The van der Waals surface area contributed by atoms with E-state index in [9.17, 15) is 18.0 Å². The molecule has 0 bridgehead atoms. The van der Waals surface area contributed by atoms with Gasteiger partial charge in [-0.25, -0.2) is 18.0 Å². The molecule has 0 fully saturated rings. The van der Waals surface area contributed by atoms with E-state index >= 15 is 0 Å². The van der Waals surface area contributed by atoms with Gasteiger partial charge in [0.05, 0.1) is 23.7 Å². The molecule has 3 aromatic rings. The van der Waals surface area contributed by atoms with Gasteiger partial charge in [-0.2, -0.15) is 0 Å². The fourth-order valence-electron chi connectivity index (χ4n) is 3.16. The Balaban J connectivity index is 1.75. The molecule has 3 N–H and O–H groups in total. The highest BCUT2D eigenvalue weighted by Gasteiger charge is 2.27. The van der Waals surface area contributed by atoms with Crippen LogP contribution >= 0.6 is 35.2 Å². The fourth-order valence-corrected chi connectivity index (χ4v) is 5.72. The number of benzene rings is 2. The van der Waals surface area contributed by atoms with E-state index in [0.29, 0.717) is 27.0 Å². The van der Waals surface area contributed by atoms with Gasteiger partial charge in [0, 0.05) is 16.4 Å². The Morgan fingerprint density at radius 1 is 0.919 bits per heavy atom. The number of ether oxygens (including phenoxy) is 2.